The minimum atomic E-state index is -0.147. The number of nitrogens with one attached hydrogen (secondary N) is 1. The van der Waals surface area contributed by atoms with E-state index in [9.17, 15) is 9.59 Å². The van der Waals surface area contributed by atoms with Crippen molar-refractivity contribution in [2.24, 2.45) is 0 Å². The summed E-state index contributed by atoms with van der Waals surface area (Å²) >= 11 is 7.46. The summed E-state index contributed by atoms with van der Waals surface area (Å²) in [7, 11) is 0. The number of hydrogen-bond donors (Lipinski definition) is 1. The van der Waals surface area contributed by atoms with E-state index in [1.165, 1.54) is 16.0 Å². The number of amides is 1. The van der Waals surface area contributed by atoms with Crippen LogP contribution in [0.1, 0.15) is 30.1 Å². The summed E-state index contributed by atoms with van der Waals surface area (Å²) < 4.78 is 3.38. The molecule has 0 radical (unpaired) electrons. The van der Waals surface area contributed by atoms with Crippen molar-refractivity contribution in [3.05, 3.63) is 74.7 Å². The molecule has 1 amide bonds. The SMILES string of the molecule is O=C(Cc1csc2nc(-c3ccc(Cl)cc3)cn12)NCCn1nc(C2CC2)ccc1=O. The van der Waals surface area contributed by atoms with Crippen LogP contribution in [0, 0.1) is 0 Å². The second-order valence-electron chi connectivity index (χ2n) is 7.63. The molecule has 4 aromatic rings. The number of halogens is 1. The van der Waals surface area contributed by atoms with E-state index in [2.05, 4.69) is 15.4 Å². The Morgan fingerprint density at radius 3 is 2.77 bits per heavy atom. The smallest absolute Gasteiger partial charge is 0.266 e. The number of rotatable bonds is 7. The van der Waals surface area contributed by atoms with Gasteiger partial charge in [-0.25, -0.2) is 9.67 Å². The minimum absolute atomic E-state index is 0.104. The number of nitrogens with zero attached hydrogens (tertiary/aromatic N) is 4. The molecule has 3 aromatic heterocycles. The molecule has 0 spiro atoms. The average molecular weight is 454 g/mol. The van der Waals surface area contributed by atoms with Gasteiger partial charge in [0.25, 0.3) is 5.56 Å². The molecular weight excluding hydrogens is 434 g/mol. The molecule has 1 aromatic carbocycles. The van der Waals surface area contributed by atoms with Gasteiger partial charge in [-0.15, -0.1) is 11.3 Å². The average Bonchev–Trinajstić information content (AvgIpc) is 3.42. The van der Waals surface area contributed by atoms with Crippen molar-refractivity contribution in [1.29, 1.82) is 0 Å². The summed E-state index contributed by atoms with van der Waals surface area (Å²) in [5.41, 5.74) is 3.50. The highest BCUT2D eigenvalue weighted by molar-refractivity contribution is 7.15. The van der Waals surface area contributed by atoms with E-state index in [1.54, 1.807) is 12.1 Å². The fraction of sp³-hybridized carbons (Fsp3) is 0.273. The molecule has 1 aliphatic rings. The van der Waals surface area contributed by atoms with E-state index in [4.69, 9.17) is 11.6 Å². The van der Waals surface area contributed by atoms with Crippen molar-refractivity contribution >= 4 is 33.8 Å². The van der Waals surface area contributed by atoms with Crippen LogP contribution >= 0.6 is 22.9 Å². The van der Waals surface area contributed by atoms with Gasteiger partial charge in [0.15, 0.2) is 4.96 Å². The van der Waals surface area contributed by atoms with E-state index in [-0.39, 0.29) is 17.9 Å². The largest absolute Gasteiger partial charge is 0.354 e. The Kier molecular flexibility index (Phi) is 5.33. The van der Waals surface area contributed by atoms with Crippen molar-refractivity contribution in [1.82, 2.24) is 24.5 Å². The van der Waals surface area contributed by atoms with Gasteiger partial charge in [-0.2, -0.15) is 5.10 Å². The second kappa shape index (κ2) is 8.28. The van der Waals surface area contributed by atoms with Crippen LogP contribution < -0.4 is 10.9 Å². The number of hydrogen-bond acceptors (Lipinski definition) is 5. The molecule has 0 aliphatic heterocycles. The zero-order valence-electron chi connectivity index (χ0n) is 16.6. The van der Waals surface area contributed by atoms with E-state index < -0.39 is 0 Å². The Labute approximate surface area is 187 Å². The number of imidazole rings is 1. The molecule has 0 saturated heterocycles. The van der Waals surface area contributed by atoms with Gasteiger partial charge < -0.3 is 5.32 Å². The zero-order chi connectivity index (χ0) is 21.4. The first-order chi connectivity index (χ1) is 15.1. The van der Waals surface area contributed by atoms with Gasteiger partial charge in [-0.05, 0) is 31.0 Å². The Balaban J connectivity index is 1.22. The molecule has 3 heterocycles. The molecule has 0 bridgehead atoms. The van der Waals surface area contributed by atoms with Gasteiger partial charge in [0.2, 0.25) is 5.91 Å². The van der Waals surface area contributed by atoms with Gasteiger partial charge in [-0.1, -0.05) is 23.7 Å². The van der Waals surface area contributed by atoms with Crippen LogP contribution in [-0.4, -0.2) is 31.6 Å². The molecule has 0 atom stereocenters. The number of aromatic nitrogens is 4. The van der Waals surface area contributed by atoms with Crippen LogP contribution in [0.25, 0.3) is 16.2 Å². The molecule has 0 unspecified atom stereocenters. The lowest BCUT2D eigenvalue weighted by Crippen LogP contribution is -2.33. The van der Waals surface area contributed by atoms with E-state index >= 15 is 0 Å². The summed E-state index contributed by atoms with van der Waals surface area (Å²) in [6.07, 6.45) is 4.43. The molecule has 1 aliphatic carbocycles. The predicted molar refractivity (Wildman–Crippen MR) is 121 cm³/mol. The van der Waals surface area contributed by atoms with Crippen molar-refractivity contribution in [2.45, 2.75) is 31.7 Å². The zero-order valence-corrected chi connectivity index (χ0v) is 18.2. The highest BCUT2D eigenvalue weighted by atomic mass is 35.5. The molecule has 158 valence electrons. The summed E-state index contributed by atoms with van der Waals surface area (Å²) in [5, 5.41) is 9.93. The third-order valence-electron chi connectivity index (χ3n) is 5.29. The first-order valence-electron chi connectivity index (χ1n) is 10.1. The van der Waals surface area contributed by atoms with E-state index in [1.807, 2.05) is 40.2 Å². The Bertz CT molecular complexity index is 1300. The summed E-state index contributed by atoms with van der Waals surface area (Å²) in [6, 6.07) is 10.9. The number of thiazole rings is 1. The third-order valence-corrected chi connectivity index (χ3v) is 6.43. The van der Waals surface area contributed by atoms with Crippen LogP contribution in [0.5, 0.6) is 0 Å². The molecule has 31 heavy (non-hydrogen) atoms. The first kappa shape index (κ1) is 20.0. The fourth-order valence-corrected chi connectivity index (χ4v) is 4.47. The Morgan fingerprint density at radius 2 is 2.00 bits per heavy atom. The minimum Gasteiger partial charge on any atom is -0.354 e. The molecule has 1 fully saturated rings. The van der Waals surface area contributed by atoms with Crippen LogP contribution in [0.2, 0.25) is 5.02 Å². The highest BCUT2D eigenvalue weighted by Gasteiger charge is 2.25. The number of fused-ring (bicyclic) bond motifs is 1. The summed E-state index contributed by atoms with van der Waals surface area (Å²) in [4.78, 5) is 29.9. The molecular formula is C22H20ClN5O2S. The Morgan fingerprint density at radius 1 is 1.19 bits per heavy atom. The van der Waals surface area contributed by atoms with Crippen molar-refractivity contribution in [3.8, 4) is 11.3 Å². The van der Waals surface area contributed by atoms with Gasteiger partial charge in [-0.3, -0.25) is 14.0 Å². The highest BCUT2D eigenvalue weighted by Crippen LogP contribution is 2.38. The van der Waals surface area contributed by atoms with E-state index in [0.717, 1.165) is 40.4 Å². The van der Waals surface area contributed by atoms with Crippen LogP contribution in [0.4, 0.5) is 0 Å². The molecule has 9 heteroatoms. The Hall–Kier alpha value is -2.97. The van der Waals surface area contributed by atoms with Gasteiger partial charge >= 0.3 is 0 Å². The fourth-order valence-electron chi connectivity index (χ4n) is 3.47. The van der Waals surface area contributed by atoms with Crippen molar-refractivity contribution in [3.63, 3.8) is 0 Å². The number of benzene rings is 1. The first-order valence-corrected chi connectivity index (χ1v) is 11.4. The molecule has 1 N–H and O–H groups in total. The lowest BCUT2D eigenvalue weighted by molar-refractivity contribution is -0.120. The maximum Gasteiger partial charge on any atom is 0.266 e. The lowest BCUT2D eigenvalue weighted by atomic mass is 10.2. The summed E-state index contributed by atoms with van der Waals surface area (Å²) in [5.74, 6) is 0.378. The van der Waals surface area contributed by atoms with E-state index in [0.29, 0.717) is 24.0 Å². The third kappa shape index (κ3) is 4.40. The van der Waals surface area contributed by atoms with Gasteiger partial charge in [0.05, 0.1) is 24.4 Å². The van der Waals surface area contributed by atoms with Gasteiger partial charge in [0.1, 0.15) is 0 Å². The number of carbonyl (C=O) groups excluding carboxylic acids is 1. The normalized spacial score (nSPS) is 13.6. The quantitative estimate of drug-likeness (QED) is 0.464. The molecule has 1 saturated carbocycles. The maximum atomic E-state index is 12.5. The predicted octanol–water partition coefficient (Wildman–Crippen LogP) is 3.51. The molecule has 5 rings (SSSR count). The van der Waals surface area contributed by atoms with Gasteiger partial charge in [0, 0.05) is 46.4 Å². The number of carbonyl (C=O) groups is 1. The maximum absolute atomic E-state index is 12.5. The topological polar surface area (TPSA) is 81.3 Å². The standard InChI is InChI=1S/C22H20ClN5O2S/c23-16-5-3-15(4-6-16)19-12-27-17(13-31-22(27)25-19)11-20(29)24-9-10-28-21(30)8-7-18(26-28)14-1-2-14/h3-8,12-14H,1-2,9-11H2,(H,24,29). The van der Waals surface area contributed by atoms with Crippen molar-refractivity contribution < 1.29 is 4.79 Å². The second-order valence-corrected chi connectivity index (χ2v) is 8.91. The van der Waals surface area contributed by atoms with Crippen LogP contribution in [0.3, 0.4) is 0 Å². The monoisotopic (exact) mass is 453 g/mol. The van der Waals surface area contributed by atoms with Crippen LogP contribution in [0.15, 0.2) is 52.8 Å². The summed E-state index contributed by atoms with van der Waals surface area (Å²) in [6.45, 7) is 0.711. The van der Waals surface area contributed by atoms with Crippen molar-refractivity contribution in [2.75, 3.05) is 6.54 Å². The lowest BCUT2D eigenvalue weighted by Gasteiger charge is -2.08. The molecule has 7 nitrogen and oxygen atoms in total. The van der Waals surface area contributed by atoms with Crippen LogP contribution in [-0.2, 0) is 17.8 Å².